The second kappa shape index (κ2) is 4.04. The van der Waals surface area contributed by atoms with Gasteiger partial charge in [-0.25, -0.2) is 0 Å². The van der Waals surface area contributed by atoms with E-state index in [1.54, 1.807) is 6.20 Å². The van der Waals surface area contributed by atoms with E-state index in [4.69, 9.17) is 0 Å². The fourth-order valence-electron chi connectivity index (χ4n) is 2.18. The molecule has 1 fully saturated rings. The van der Waals surface area contributed by atoms with Crippen molar-refractivity contribution < 1.29 is 4.79 Å². The smallest absolute Gasteiger partial charge is 0.254 e. The van der Waals surface area contributed by atoms with Crippen molar-refractivity contribution in [1.29, 1.82) is 0 Å². The highest BCUT2D eigenvalue weighted by Crippen LogP contribution is 2.24. The van der Waals surface area contributed by atoms with E-state index in [0.717, 1.165) is 24.5 Å². The molecule has 0 bridgehead atoms. The lowest BCUT2D eigenvalue weighted by Crippen LogP contribution is -2.33. The maximum Gasteiger partial charge on any atom is 0.254 e. The molecule has 1 aromatic heterocycles. The van der Waals surface area contributed by atoms with E-state index in [0.29, 0.717) is 11.6 Å². The first-order valence-electron chi connectivity index (χ1n) is 5.47. The second-order valence-corrected chi connectivity index (χ2v) is 4.50. The summed E-state index contributed by atoms with van der Waals surface area (Å²) in [5.41, 5.74) is 1.49. The highest BCUT2D eigenvalue weighted by Gasteiger charge is 2.23. The number of aromatic nitrogens is 2. The topological polar surface area (TPSA) is 57.8 Å². The van der Waals surface area contributed by atoms with Gasteiger partial charge in [0.25, 0.3) is 5.91 Å². The molecule has 2 N–H and O–H groups in total. The van der Waals surface area contributed by atoms with Crippen LogP contribution < -0.4 is 5.32 Å². The molecule has 1 saturated carbocycles. The minimum Gasteiger partial charge on any atom is -0.349 e. The molecule has 2 atom stereocenters. The molecule has 1 aromatic rings. The number of nitrogens with zero attached hydrogens (tertiary/aromatic N) is 1. The number of hydrogen-bond donors (Lipinski definition) is 2. The lowest BCUT2D eigenvalue weighted by Gasteiger charge is -2.11. The predicted octanol–water partition coefficient (Wildman–Crippen LogP) is 1.64. The van der Waals surface area contributed by atoms with Crippen molar-refractivity contribution in [2.24, 2.45) is 5.92 Å². The first-order valence-corrected chi connectivity index (χ1v) is 5.47. The Bertz CT molecular complexity index is 358. The van der Waals surface area contributed by atoms with Gasteiger partial charge in [0, 0.05) is 11.7 Å². The molecule has 15 heavy (non-hydrogen) atoms. The number of carbonyl (C=O) groups is 1. The van der Waals surface area contributed by atoms with Gasteiger partial charge in [0.05, 0.1) is 11.8 Å². The monoisotopic (exact) mass is 207 g/mol. The summed E-state index contributed by atoms with van der Waals surface area (Å²) >= 11 is 0. The highest BCUT2D eigenvalue weighted by atomic mass is 16.1. The molecule has 82 valence electrons. The Balaban J connectivity index is 1.96. The van der Waals surface area contributed by atoms with Crippen molar-refractivity contribution in [3.8, 4) is 0 Å². The van der Waals surface area contributed by atoms with Gasteiger partial charge in [-0.1, -0.05) is 6.92 Å². The Morgan fingerprint density at radius 2 is 2.40 bits per heavy atom. The van der Waals surface area contributed by atoms with E-state index < -0.39 is 0 Å². The van der Waals surface area contributed by atoms with Crippen LogP contribution in [0.2, 0.25) is 0 Å². The molecular formula is C11H17N3O. The maximum absolute atomic E-state index is 11.8. The summed E-state index contributed by atoms with van der Waals surface area (Å²) in [6, 6.07) is 0.349. The SMILES string of the molecule is Cc1[nH]ncc1C(=O)NC1CCC(C)C1. The number of H-pyrrole nitrogens is 1. The van der Waals surface area contributed by atoms with Crippen LogP contribution in [0.5, 0.6) is 0 Å². The first-order chi connectivity index (χ1) is 7.16. The summed E-state index contributed by atoms with van der Waals surface area (Å²) in [6.45, 7) is 4.09. The molecule has 0 saturated heterocycles. The Kier molecular flexibility index (Phi) is 2.75. The van der Waals surface area contributed by atoms with Crippen LogP contribution >= 0.6 is 0 Å². The zero-order chi connectivity index (χ0) is 10.8. The van der Waals surface area contributed by atoms with Crippen molar-refractivity contribution in [1.82, 2.24) is 15.5 Å². The molecule has 1 aliphatic rings. The van der Waals surface area contributed by atoms with E-state index in [2.05, 4.69) is 22.4 Å². The maximum atomic E-state index is 11.8. The molecule has 1 amide bonds. The molecule has 0 radical (unpaired) electrons. The van der Waals surface area contributed by atoms with E-state index in [9.17, 15) is 4.79 Å². The molecule has 0 aromatic carbocycles. The van der Waals surface area contributed by atoms with Gasteiger partial charge < -0.3 is 5.32 Å². The van der Waals surface area contributed by atoms with Gasteiger partial charge in [-0.2, -0.15) is 5.10 Å². The Hall–Kier alpha value is -1.32. The number of hydrogen-bond acceptors (Lipinski definition) is 2. The van der Waals surface area contributed by atoms with Crippen molar-refractivity contribution in [3.63, 3.8) is 0 Å². The minimum atomic E-state index is 0.000324. The molecule has 4 nitrogen and oxygen atoms in total. The molecule has 1 heterocycles. The molecule has 2 unspecified atom stereocenters. The number of carbonyl (C=O) groups excluding carboxylic acids is 1. The van der Waals surface area contributed by atoms with Gasteiger partial charge in [-0.3, -0.25) is 9.89 Å². The van der Waals surface area contributed by atoms with E-state index in [1.165, 1.54) is 6.42 Å². The van der Waals surface area contributed by atoms with Crippen LogP contribution in [0.3, 0.4) is 0 Å². The first kappa shape index (κ1) is 10.2. The predicted molar refractivity (Wildman–Crippen MR) is 57.6 cm³/mol. The third-order valence-electron chi connectivity index (χ3n) is 3.10. The minimum absolute atomic E-state index is 0.000324. The van der Waals surface area contributed by atoms with Gasteiger partial charge in [0.2, 0.25) is 0 Å². The summed E-state index contributed by atoms with van der Waals surface area (Å²) in [6.07, 6.45) is 5.00. The van der Waals surface area contributed by atoms with Crippen molar-refractivity contribution >= 4 is 5.91 Å². The number of rotatable bonds is 2. The lowest BCUT2D eigenvalue weighted by atomic mass is 10.1. The Labute approximate surface area is 89.5 Å². The van der Waals surface area contributed by atoms with E-state index in [-0.39, 0.29) is 5.91 Å². The van der Waals surface area contributed by atoms with Gasteiger partial charge in [0.1, 0.15) is 0 Å². The van der Waals surface area contributed by atoms with Crippen LogP contribution in [0.15, 0.2) is 6.20 Å². The van der Waals surface area contributed by atoms with Crippen LogP contribution in [-0.4, -0.2) is 22.1 Å². The Morgan fingerprint density at radius 1 is 1.60 bits per heavy atom. The molecule has 0 aliphatic heterocycles. The summed E-state index contributed by atoms with van der Waals surface area (Å²) < 4.78 is 0. The largest absolute Gasteiger partial charge is 0.349 e. The molecule has 0 spiro atoms. The normalized spacial score (nSPS) is 25.5. The zero-order valence-electron chi connectivity index (χ0n) is 9.21. The quantitative estimate of drug-likeness (QED) is 0.774. The van der Waals surface area contributed by atoms with Gasteiger partial charge >= 0.3 is 0 Å². The molecule has 4 heteroatoms. The van der Waals surface area contributed by atoms with E-state index >= 15 is 0 Å². The average Bonchev–Trinajstić information content (AvgIpc) is 2.75. The van der Waals surface area contributed by atoms with Crippen molar-refractivity contribution in [3.05, 3.63) is 17.5 Å². The third kappa shape index (κ3) is 2.19. The average molecular weight is 207 g/mol. The molecule has 2 rings (SSSR count). The van der Waals surface area contributed by atoms with Crippen LogP contribution in [0.1, 0.15) is 42.2 Å². The van der Waals surface area contributed by atoms with Crippen LogP contribution in [0.4, 0.5) is 0 Å². The highest BCUT2D eigenvalue weighted by molar-refractivity contribution is 5.95. The number of amides is 1. The summed E-state index contributed by atoms with van der Waals surface area (Å²) in [5, 5.41) is 9.67. The lowest BCUT2D eigenvalue weighted by molar-refractivity contribution is 0.0937. The van der Waals surface area contributed by atoms with Gasteiger partial charge in [-0.15, -0.1) is 0 Å². The third-order valence-corrected chi connectivity index (χ3v) is 3.10. The number of aryl methyl sites for hydroxylation is 1. The zero-order valence-corrected chi connectivity index (χ0v) is 9.21. The number of aromatic amines is 1. The summed E-state index contributed by atoms with van der Waals surface area (Å²) in [7, 11) is 0. The second-order valence-electron chi connectivity index (χ2n) is 4.50. The number of nitrogens with one attached hydrogen (secondary N) is 2. The fraction of sp³-hybridized carbons (Fsp3) is 0.636. The molecular weight excluding hydrogens is 190 g/mol. The van der Waals surface area contributed by atoms with Gasteiger partial charge in [-0.05, 0) is 32.1 Å². The Morgan fingerprint density at radius 3 is 2.93 bits per heavy atom. The van der Waals surface area contributed by atoms with E-state index in [1.807, 2.05) is 6.92 Å². The van der Waals surface area contributed by atoms with Crippen LogP contribution in [-0.2, 0) is 0 Å². The summed E-state index contributed by atoms with van der Waals surface area (Å²) in [4.78, 5) is 11.8. The van der Waals surface area contributed by atoms with Crippen LogP contribution in [0, 0.1) is 12.8 Å². The fourth-order valence-corrected chi connectivity index (χ4v) is 2.18. The van der Waals surface area contributed by atoms with Crippen molar-refractivity contribution in [2.45, 2.75) is 39.2 Å². The van der Waals surface area contributed by atoms with Crippen molar-refractivity contribution in [2.75, 3.05) is 0 Å². The van der Waals surface area contributed by atoms with Gasteiger partial charge in [0.15, 0.2) is 0 Å². The standard InChI is InChI=1S/C11H17N3O/c1-7-3-4-9(5-7)13-11(15)10-6-12-14-8(10)2/h6-7,9H,3-5H2,1-2H3,(H,12,14)(H,13,15). The van der Waals surface area contributed by atoms with Crippen LogP contribution in [0.25, 0.3) is 0 Å². The molecule has 1 aliphatic carbocycles. The summed E-state index contributed by atoms with van der Waals surface area (Å²) in [5.74, 6) is 0.737.